The summed E-state index contributed by atoms with van der Waals surface area (Å²) in [5.41, 5.74) is 5.28. The van der Waals surface area contributed by atoms with Gasteiger partial charge in [0.05, 0.1) is 12.7 Å². The fourth-order valence-electron chi connectivity index (χ4n) is 0.996. The highest BCUT2D eigenvalue weighted by atomic mass is 19.1. The van der Waals surface area contributed by atoms with Crippen LogP contribution in [0.3, 0.4) is 0 Å². The minimum atomic E-state index is -0.641. The van der Waals surface area contributed by atoms with Gasteiger partial charge in [-0.2, -0.15) is 4.98 Å². The molecule has 0 saturated carbocycles. The molecule has 0 spiro atoms. The summed E-state index contributed by atoms with van der Waals surface area (Å²) in [5.74, 6) is -0.979. The molecule has 88 valence electrons. The lowest BCUT2D eigenvalue weighted by atomic mass is 10.4. The van der Waals surface area contributed by atoms with Crippen molar-refractivity contribution in [1.29, 1.82) is 0 Å². The molecular weight excluding hydrogens is 213 g/mol. The van der Waals surface area contributed by atoms with Gasteiger partial charge in [0.1, 0.15) is 0 Å². The second kappa shape index (κ2) is 5.84. The van der Waals surface area contributed by atoms with E-state index in [0.29, 0.717) is 6.54 Å². The molecule has 0 aliphatic carbocycles. The predicted octanol–water partition coefficient (Wildman–Crippen LogP) is 0.136. The number of carbonyl (C=O) groups is 1. The van der Waals surface area contributed by atoms with Gasteiger partial charge in [-0.1, -0.05) is 6.92 Å². The zero-order valence-corrected chi connectivity index (χ0v) is 8.96. The van der Waals surface area contributed by atoms with Crippen LogP contribution in [0.25, 0.3) is 0 Å². The van der Waals surface area contributed by atoms with Crippen LogP contribution in [0.15, 0.2) is 6.20 Å². The van der Waals surface area contributed by atoms with Crippen LogP contribution >= 0.6 is 0 Å². The van der Waals surface area contributed by atoms with E-state index in [1.165, 1.54) is 0 Å². The Morgan fingerprint density at radius 1 is 1.62 bits per heavy atom. The van der Waals surface area contributed by atoms with Crippen LogP contribution < -0.4 is 16.4 Å². The number of carbonyl (C=O) groups excluding carboxylic acids is 1. The van der Waals surface area contributed by atoms with Crippen molar-refractivity contribution < 1.29 is 9.18 Å². The molecule has 4 N–H and O–H groups in total. The van der Waals surface area contributed by atoms with Gasteiger partial charge in [0, 0.05) is 6.54 Å². The zero-order chi connectivity index (χ0) is 12.0. The molecule has 0 fully saturated rings. The van der Waals surface area contributed by atoms with E-state index in [1.54, 1.807) is 0 Å². The Hall–Kier alpha value is -1.92. The predicted molar refractivity (Wildman–Crippen MR) is 58.2 cm³/mol. The van der Waals surface area contributed by atoms with Crippen molar-refractivity contribution in [2.45, 2.75) is 13.3 Å². The van der Waals surface area contributed by atoms with Crippen LogP contribution in [0.2, 0.25) is 0 Å². The van der Waals surface area contributed by atoms with Crippen molar-refractivity contribution >= 4 is 17.7 Å². The molecular formula is C9H14FN5O. The van der Waals surface area contributed by atoms with Crippen molar-refractivity contribution in [2.75, 3.05) is 24.1 Å². The minimum Gasteiger partial charge on any atom is -0.368 e. The summed E-state index contributed by atoms with van der Waals surface area (Å²) in [6.07, 6.45) is 1.80. The van der Waals surface area contributed by atoms with Gasteiger partial charge < -0.3 is 16.4 Å². The van der Waals surface area contributed by atoms with Crippen molar-refractivity contribution in [2.24, 2.45) is 0 Å². The van der Waals surface area contributed by atoms with Crippen molar-refractivity contribution in [3.8, 4) is 0 Å². The molecule has 0 unspecified atom stereocenters. The second-order valence-corrected chi connectivity index (χ2v) is 3.13. The molecule has 0 atom stereocenters. The number of amides is 1. The topological polar surface area (TPSA) is 92.9 Å². The maximum absolute atomic E-state index is 13.1. The van der Waals surface area contributed by atoms with Gasteiger partial charge >= 0.3 is 0 Å². The smallest absolute Gasteiger partial charge is 0.239 e. The Kier molecular flexibility index (Phi) is 4.43. The number of nitrogens with one attached hydrogen (secondary N) is 2. The molecule has 1 aromatic heterocycles. The Morgan fingerprint density at radius 3 is 3.06 bits per heavy atom. The number of nitrogens with two attached hydrogens (primary N) is 1. The third-order valence-electron chi connectivity index (χ3n) is 1.75. The van der Waals surface area contributed by atoms with E-state index >= 15 is 0 Å². The first-order chi connectivity index (χ1) is 7.63. The summed E-state index contributed by atoms with van der Waals surface area (Å²) in [4.78, 5) is 18.3. The van der Waals surface area contributed by atoms with Gasteiger partial charge in [-0.25, -0.2) is 9.37 Å². The van der Waals surface area contributed by atoms with E-state index in [-0.39, 0.29) is 24.2 Å². The van der Waals surface area contributed by atoms with E-state index < -0.39 is 5.82 Å². The van der Waals surface area contributed by atoms with Crippen molar-refractivity contribution in [3.63, 3.8) is 0 Å². The van der Waals surface area contributed by atoms with E-state index in [1.807, 2.05) is 6.92 Å². The lowest BCUT2D eigenvalue weighted by Crippen LogP contribution is -2.30. The van der Waals surface area contributed by atoms with Crippen LogP contribution in [0.1, 0.15) is 13.3 Å². The number of hydrogen-bond acceptors (Lipinski definition) is 5. The van der Waals surface area contributed by atoms with Crippen molar-refractivity contribution in [1.82, 2.24) is 15.3 Å². The molecule has 7 heteroatoms. The summed E-state index contributed by atoms with van der Waals surface area (Å²) in [7, 11) is 0. The molecule has 0 aromatic carbocycles. The summed E-state index contributed by atoms with van der Waals surface area (Å²) >= 11 is 0. The Morgan fingerprint density at radius 2 is 2.38 bits per heavy atom. The first-order valence-electron chi connectivity index (χ1n) is 4.92. The van der Waals surface area contributed by atoms with Crippen LogP contribution in [-0.4, -0.2) is 29.0 Å². The fourth-order valence-corrected chi connectivity index (χ4v) is 0.996. The van der Waals surface area contributed by atoms with Gasteiger partial charge in [0.25, 0.3) is 0 Å². The van der Waals surface area contributed by atoms with Gasteiger partial charge in [0.2, 0.25) is 11.9 Å². The Bertz CT molecular complexity index is 371. The third kappa shape index (κ3) is 3.68. The number of aromatic nitrogens is 2. The highest BCUT2D eigenvalue weighted by Crippen LogP contribution is 2.09. The molecule has 16 heavy (non-hydrogen) atoms. The molecule has 0 bridgehead atoms. The number of halogens is 1. The molecule has 1 amide bonds. The van der Waals surface area contributed by atoms with Crippen LogP contribution in [0, 0.1) is 5.82 Å². The largest absolute Gasteiger partial charge is 0.368 e. The number of hydrogen-bond donors (Lipinski definition) is 3. The summed E-state index contributed by atoms with van der Waals surface area (Å²) in [6.45, 7) is 2.49. The van der Waals surface area contributed by atoms with Gasteiger partial charge in [0.15, 0.2) is 11.6 Å². The average Bonchev–Trinajstić information content (AvgIpc) is 2.27. The normalized spacial score (nSPS) is 9.88. The van der Waals surface area contributed by atoms with E-state index in [4.69, 9.17) is 5.73 Å². The maximum atomic E-state index is 13.1. The number of anilines is 2. The molecule has 6 nitrogen and oxygen atoms in total. The van der Waals surface area contributed by atoms with E-state index in [0.717, 1.165) is 12.6 Å². The monoisotopic (exact) mass is 227 g/mol. The Labute approximate surface area is 92.5 Å². The minimum absolute atomic E-state index is 0.0436. The first kappa shape index (κ1) is 12.2. The van der Waals surface area contributed by atoms with E-state index in [2.05, 4.69) is 20.6 Å². The quantitative estimate of drug-likeness (QED) is 0.665. The molecule has 0 radical (unpaired) electrons. The molecule has 0 aliphatic rings. The standard InChI is InChI=1S/C9H14FN5O/c1-2-3-12-7(16)5-13-8-6(10)4-14-9(11)15-8/h4H,2-3,5H2,1H3,(H,12,16)(H3,11,13,14,15). The molecule has 0 saturated heterocycles. The Balaban J connectivity index is 2.47. The van der Waals surface area contributed by atoms with Crippen LogP contribution in [0.5, 0.6) is 0 Å². The highest BCUT2D eigenvalue weighted by Gasteiger charge is 2.06. The third-order valence-corrected chi connectivity index (χ3v) is 1.75. The summed E-state index contributed by atoms with van der Waals surface area (Å²) in [5, 5.41) is 5.18. The van der Waals surface area contributed by atoms with Crippen LogP contribution in [-0.2, 0) is 4.79 Å². The highest BCUT2D eigenvalue weighted by molar-refractivity contribution is 5.80. The fraction of sp³-hybridized carbons (Fsp3) is 0.444. The average molecular weight is 227 g/mol. The second-order valence-electron chi connectivity index (χ2n) is 3.13. The summed E-state index contributed by atoms with van der Waals surface area (Å²) in [6, 6.07) is 0. The van der Waals surface area contributed by atoms with E-state index in [9.17, 15) is 9.18 Å². The van der Waals surface area contributed by atoms with Gasteiger partial charge in [-0.15, -0.1) is 0 Å². The molecule has 1 heterocycles. The summed E-state index contributed by atoms with van der Waals surface area (Å²) < 4.78 is 13.1. The van der Waals surface area contributed by atoms with Crippen molar-refractivity contribution in [3.05, 3.63) is 12.0 Å². The molecule has 1 aromatic rings. The van der Waals surface area contributed by atoms with Gasteiger partial charge in [-0.3, -0.25) is 4.79 Å². The van der Waals surface area contributed by atoms with Crippen LogP contribution in [0.4, 0.5) is 16.2 Å². The zero-order valence-electron chi connectivity index (χ0n) is 8.96. The first-order valence-corrected chi connectivity index (χ1v) is 4.92. The molecule has 0 aliphatic heterocycles. The van der Waals surface area contributed by atoms with Gasteiger partial charge in [-0.05, 0) is 6.42 Å². The maximum Gasteiger partial charge on any atom is 0.239 e. The lowest BCUT2D eigenvalue weighted by Gasteiger charge is -2.07. The molecule has 1 rings (SSSR count). The number of nitrogen functional groups attached to an aromatic ring is 1. The number of nitrogens with zero attached hydrogens (tertiary/aromatic N) is 2. The SMILES string of the molecule is CCCNC(=O)CNc1nc(N)ncc1F. The lowest BCUT2D eigenvalue weighted by molar-refractivity contribution is -0.119. The number of rotatable bonds is 5.